The summed E-state index contributed by atoms with van der Waals surface area (Å²) in [5, 5.41) is 14.6. The van der Waals surface area contributed by atoms with Crippen molar-refractivity contribution in [3.05, 3.63) is 36.0 Å². The molecule has 10 N–H and O–H groups in total. The van der Waals surface area contributed by atoms with Crippen molar-refractivity contribution in [3.63, 3.8) is 0 Å². The molecule has 0 fully saturated rings. The van der Waals surface area contributed by atoms with Gasteiger partial charge in [0, 0.05) is 23.6 Å². The number of aliphatic imine (C=N–C) groups is 1. The van der Waals surface area contributed by atoms with Gasteiger partial charge in [0.1, 0.15) is 12.6 Å². The molecule has 0 aliphatic rings. The van der Waals surface area contributed by atoms with Gasteiger partial charge in [-0.05, 0) is 30.9 Å². The van der Waals surface area contributed by atoms with E-state index < -0.39 is 36.4 Å². The number of carboxylic acid groups (broad SMARTS) is 1. The minimum absolute atomic E-state index is 0.0772. The first kappa shape index (κ1) is 22.7. The monoisotopic (exact) mass is 417 g/mol. The Morgan fingerprint density at radius 3 is 2.60 bits per heavy atom. The zero-order valence-corrected chi connectivity index (χ0v) is 16.4. The number of carbonyl (C=O) groups is 3. The number of aromatic nitrogens is 1. The number of carboxylic acids is 1. The number of guanidine groups is 1. The van der Waals surface area contributed by atoms with Crippen molar-refractivity contribution >= 4 is 34.6 Å². The first-order valence-electron chi connectivity index (χ1n) is 9.43. The van der Waals surface area contributed by atoms with E-state index in [1.165, 1.54) is 0 Å². The normalized spacial score (nSPS) is 12.7. The zero-order valence-electron chi connectivity index (χ0n) is 16.4. The highest BCUT2D eigenvalue weighted by Crippen LogP contribution is 2.18. The third-order valence-electron chi connectivity index (χ3n) is 4.44. The lowest BCUT2D eigenvalue weighted by Gasteiger charge is -2.20. The van der Waals surface area contributed by atoms with Crippen LogP contribution in [0.2, 0.25) is 0 Å². The lowest BCUT2D eigenvalue weighted by Crippen LogP contribution is -2.52. The summed E-state index contributed by atoms with van der Waals surface area (Å²) in [5.74, 6) is -2.40. The Kier molecular flexibility index (Phi) is 8.18. The Morgan fingerprint density at radius 2 is 1.90 bits per heavy atom. The maximum absolute atomic E-state index is 12.6. The van der Waals surface area contributed by atoms with E-state index in [2.05, 4.69) is 20.6 Å². The van der Waals surface area contributed by atoms with E-state index in [0.717, 1.165) is 16.5 Å². The van der Waals surface area contributed by atoms with Crippen LogP contribution in [0.25, 0.3) is 10.9 Å². The number of aromatic amines is 1. The number of hydrogen-bond acceptors (Lipinski definition) is 5. The van der Waals surface area contributed by atoms with E-state index in [0.29, 0.717) is 6.42 Å². The van der Waals surface area contributed by atoms with E-state index in [-0.39, 0.29) is 25.3 Å². The average Bonchev–Trinajstić information content (AvgIpc) is 3.11. The molecule has 2 atom stereocenters. The van der Waals surface area contributed by atoms with Crippen molar-refractivity contribution in [2.24, 2.45) is 22.2 Å². The van der Waals surface area contributed by atoms with Crippen molar-refractivity contribution in [2.45, 2.75) is 31.3 Å². The van der Waals surface area contributed by atoms with Gasteiger partial charge in [0.25, 0.3) is 0 Å². The largest absolute Gasteiger partial charge is 0.480 e. The number of fused-ring (bicyclic) bond motifs is 1. The van der Waals surface area contributed by atoms with Gasteiger partial charge in [-0.15, -0.1) is 0 Å². The van der Waals surface area contributed by atoms with Crippen molar-refractivity contribution in [2.75, 3.05) is 13.1 Å². The number of nitrogens with two attached hydrogens (primary N) is 3. The summed E-state index contributed by atoms with van der Waals surface area (Å²) >= 11 is 0. The van der Waals surface area contributed by atoms with Crippen LogP contribution in [0.3, 0.4) is 0 Å². The molecular weight excluding hydrogens is 390 g/mol. The van der Waals surface area contributed by atoms with Gasteiger partial charge in [-0.2, -0.15) is 0 Å². The van der Waals surface area contributed by atoms with Gasteiger partial charge in [0.15, 0.2) is 5.96 Å². The second kappa shape index (κ2) is 10.8. The Hall–Kier alpha value is -3.60. The molecule has 0 aliphatic carbocycles. The van der Waals surface area contributed by atoms with Gasteiger partial charge >= 0.3 is 5.97 Å². The second-order valence-electron chi connectivity index (χ2n) is 6.79. The summed E-state index contributed by atoms with van der Waals surface area (Å²) in [6.45, 7) is -0.289. The van der Waals surface area contributed by atoms with E-state index in [9.17, 15) is 14.4 Å². The van der Waals surface area contributed by atoms with Crippen LogP contribution in [-0.4, -0.2) is 59.0 Å². The maximum atomic E-state index is 12.6. The van der Waals surface area contributed by atoms with Gasteiger partial charge in [-0.1, -0.05) is 18.2 Å². The molecule has 0 saturated heterocycles. The molecular formula is C19H27N7O4. The topological polar surface area (TPSA) is 202 Å². The van der Waals surface area contributed by atoms with Gasteiger partial charge in [-0.3, -0.25) is 19.4 Å². The van der Waals surface area contributed by atoms with Crippen molar-refractivity contribution in [1.29, 1.82) is 0 Å². The van der Waals surface area contributed by atoms with Gasteiger partial charge < -0.3 is 37.9 Å². The van der Waals surface area contributed by atoms with Gasteiger partial charge in [0.05, 0.1) is 6.04 Å². The molecule has 0 saturated carbocycles. The van der Waals surface area contributed by atoms with E-state index in [1.807, 2.05) is 24.3 Å². The Morgan fingerprint density at radius 1 is 1.17 bits per heavy atom. The van der Waals surface area contributed by atoms with Crippen LogP contribution in [0.1, 0.15) is 18.4 Å². The highest BCUT2D eigenvalue weighted by Gasteiger charge is 2.24. The summed E-state index contributed by atoms with van der Waals surface area (Å²) in [6.07, 6.45) is 2.69. The number of para-hydroxylation sites is 1. The lowest BCUT2D eigenvalue weighted by molar-refractivity contribution is -0.138. The molecule has 0 bridgehead atoms. The minimum atomic E-state index is -1.19. The molecule has 2 amide bonds. The summed E-state index contributed by atoms with van der Waals surface area (Å²) < 4.78 is 0. The van der Waals surface area contributed by atoms with Crippen LogP contribution in [-0.2, 0) is 20.8 Å². The van der Waals surface area contributed by atoms with Crippen LogP contribution in [0.4, 0.5) is 0 Å². The van der Waals surface area contributed by atoms with E-state index in [1.54, 1.807) is 6.20 Å². The standard InChI is InChI=1S/C19H27N7O4/c20-13(8-11-9-24-14-5-2-1-4-12(11)14)17(29)26-15(6-3-7-23-19(21)22)18(30)25-10-16(27)28/h1-2,4-5,9,13,15,24H,3,6-8,10,20H2,(H,25,30)(H,26,29)(H,27,28)(H4,21,22,23)/t13-,15-/m0/s1. The second-order valence-corrected chi connectivity index (χ2v) is 6.79. The summed E-state index contributed by atoms with van der Waals surface area (Å²) in [6, 6.07) is 5.79. The van der Waals surface area contributed by atoms with Crippen LogP contribution in [0, 0.1) is 0 Å². The third kappa shape index (κ3) is 6.78. The van der Waals surface area contributed by atoms with Crippen LogP contribution in [0.5, 0.6) is 0 Å². The predicted molar refractivity (Wildman–Crippen MR) is 112 cm³/mol. The van der Waals surface area contributed by atoms with Crippen molar-refractivity contribution in [3.8, 4) is 0 Å². The van der Waals surface area contributed by atoms with Gasteiger partial charge in [-0.25, -0.2) is 0 Å². The Labute approximate surface area is 173 Å². The van der Waals surface area contributed by atoms with Crippen LogP contribution >= 0.6 is 0 Å². The lowest BCUT2D eigenvalue weighted by atomic mass is 10.0. The molecule has 2 rings (SSSR count). The number of H-pyrrole nitrogens is 1. The fourth-order valence-corrected chi connectivity index (χ4v) is 2.97. The molecule has 0 unspecified atom stereocenters. The van der Waals surface area contributed by atoms with Crippen molar-refractivity contribution in [1.82, 2.24) is 15.6 Å². The number of carbonyl (C=O) groups excluding carboxylic acids is 2. The fourth-order valence-electron chi connectivity index (χ4n) is 2.97. The Bertz CT molecular complexity index is 920. The molecule has 30 heavy (non-hydrogen) atoms. The molecule has 1 aromatic heterocycles. The van der Waals surface area contributed by atoms with Crippen LogP contribution in [0.15, 0.2) is 35.5 Å². The predicted octanol–water partition coefficient (Wildman–Crippen LogP) is -1.22. The summed E-state index contributed by atoms with van der Waals surface area (Å²) in [5.41, 5.74) is 18.4. The number of amides is 2. The fraction of sp³-hybridized carbons (Fsp3) is 0.368. The average molecular weight is 417 g/mol. The molecule has 11 heteroatoms. The molecule has 2 aromatic rings. The Balaban J connectivity index is 2.00. The first-order valence-corrected chi connectivity index (χ1v) is 9.43. The number of rotatable bonds is 11. The number of benzene rings is 1. The minimum Gasteiger partial charge on any atom is -0.480 e. The summed E-state index contributed by atoms with van der Waals surface area (Å²) in [7, 11) is 0. The van der Waals surface area contributed by atoms with Gasteiger partial charge in [0.2, 0.25) is 11.8 Å². The zero-order chi connectivity index (χ0) is 22.1. The van der Waals surface area contributed by atoms with E-state index >= 15 is 0 Å². The van der Waals surface area contributed by atoms with E-state index in [4.69, 9.17) is 22.3 Å². The summed E-state index contributed by atoms with van der Waals surface area (Å²) in [4.78, 5) is 42.6. The molecule has 1 aromatic carbocycles. The molecule has 0 aliphatic heterocycles. The smallest absolute Gasteiger partial charge is 0.322 e. The number of nitrogens with one attached hydrogen (secondary N) is 3. The third-order valence-corrected chi connectivity index (χ3v) is 4.44. The SMILES string of the molecule is NC(N)=NCCC[C@H](NC(=O)[C@@H](N)Cc1c[nH]c2ccccc12)C(=O)NCC(=O)O. The quantitative estimate of drug-likeness (QED) is 0.135. The number of nitrogens with zero attached hydrogens (tertiary/aromatic N) is 1. The highest BCUT2D eigenvalue weighted by atomic mass is 16.4. The number of aliphatic carboxylic acids is 1. The maximum Gasteiger partial charge on any atom is 0.322 e. The molecule has 0 radical (unpaired) electrons. The molecule has 1 heterocycles. The number of hydrogen-bond donors (Lipinski definition) is 7. The first-order chi connectivity index (χ1) is 14.3. The molecule has 11 nitrogen and oxygen atoms in total. The van der Waals surface area contributed by atoms with Crippen LogP contribution < -0.4 is 27.8 Å². The van der Waals surface area contributed by atoms with Crippen molar-refractivity contribution < 1.29 is 19.5 Å². The molecule has 162 valence electrons. The molecule has 0 spiro atoms. The highest BCUT2D eigenvalue weighted by molar-refractivity contribution is 5.91.